The van der Waals surface area contributed by atoms with Crippen molar-refractivity contribution < 1.29 is 24.2 Å². The molecular weight excluding hydrogens is 252 g/mol. The highest BCUT2D eigenvalue weighted by atomic mass is 16.5. The van der Waals surface area contributed by atoms with E-state index >= 15 is 0 Å². The number of nitrogens with two attached hydrogens (primary N) is 1. The summed E-state index contributed by atoms with van der Waals surface area (Å²) in [7, 11) is 2.96. The lowest BCUT2D eigenvalue weighted by Crippen LogP contribution is -2.37. The highest BCUT2D eigenvalue weighted by molar-refractivity contribution is 5.97. The maximum absolute atomic E-state index is 11.7. The van der Waals surface area contributed by atoms with Gasteiger partial charge in [-0.1, -0.05) is 0 Å². The van der Waals surface area contributed by atoms with Gasteiger partial charge in [0, 0.05) is 6.07 Å². The Hall–Kier alpha value is -2.28. The van der Waals surface area contributed by atoms with Crippen molar-refractivity contribution in [2.24, 2.45) is 5.73 Å². The quantitative estimate of drug-likeness (QED) is 0.690. The molecule has 0 aliphatic heterocycles. The first-order valence-electron chi connectivity index (χ1n) is 5.48. The molecule has 0 aliphatic carbocycles. The number of hydrogen-bond donors (Lipinski definition) is 3. The number of carbonyl (C=O) groups excluding carboxylic acids is 1. The zero-order chi connectivity index (χ0) is 14.4. The van der Waals surface area contributed by atoms with Crippen molar-refractivity contribution in [1.82, 2.24) is 0 Å². The standard InChI is InChI=1S/C12H16N2O5/c1-18-7-3-4-9(10(5-7)19-2)14-12(17)8(13)6-11(15)16/h3-5,8H,6,13H2,1-2H3,(H,14,17)(H,15,16). The lowest BCUT2D eigenvalue weighted by atomic mass is 10.2. The van der Waals surface area contributed by atoms with Crippen LogP contribution in [-0.2, 0) is 9.59 Å². The number of carboxylic acids is 1. The first kappa shape index (κ1) is 14.8. The maximum Gasteiger partial charge on any atom is 0.305 e. The topological polar surface area (TPSA) is 111 Å². The van der Waals surface area contributed by atoms with E-state index in [4.69, 9.17) is 20.3 Å². The molecule has 7 nitrogen and oxygen atoms in total. The zero-order valence-corrected chi connectivity index (χ0v) is 10.7. The van der Waals surface area contributed by atoms with Gasteiger partial charge in [0.2, 0.25) is 5.91 Å². The average molecular weight is 268 g/mol. The fourth-order valence-electron chi connectivity index (χ4n) is 1.41. The fraction of sp³-hybridized carbons (Fsp3) is 0.333. The van der Waals surface area contributed by atoms with E-state index in [0.717, 1.165) is 0 Å². The lowest BCUT2D eigenvalue weighted by Gasteiger charge is -2.14. The minimum atomic E-state index is -1.13. The molecule has 1 atom stereocenters. The number of nitrogens with one attached hydrogen (secondary N) is 1. The molecule has 4 N–H and O–H groups in total. The molecule has 1 amide bonds. The van der Waals surface area contributed by atoms with Crippen molar-refractivity contribution in [1.29, 1.82) is 0 Å². The molecule has 0 fully saturated rings. The Kier molecular flexibility index (Phi) is 5.13. The summed E-state index contributed by atoms with van der Waals surface area (Å²) in [6.07, 6.45) is -0.440. The fourth-order valence-corrected chi connectivity index (χ4v) is 1.41. The van der Waals surface area contributed by atoms with Crippen LogP contribution in [0.5, 0.6) is 11.5 Å². The van der Waals surface area contributed by atoms with Gasteiger partial charge in [-0.25, -0.2) is 0 Å². The van der Waals surface area contributed by atoms with Gasteiger partial charge in [0.1, 0.15) is 11.5 Å². The van der Waals surface area contributed by atoms with Gasteiger partial charge in [-0.2, -0.15) is 0 Å². The smallest absolute Gasteiger partial charge is 0.305 e. The van der Waals surface area contributed by atoms with Gasteiger partial charge >= 0.3 is 5.97 Å². The van der Waals surface area contributed by atoms with E-state index < -0.39 is 24.3 Å². The van der Waals surface area contributed by atoms with Crippen LogP contribution in [0.3, 0.4) is 0 Å². The highest BCUT2D eigenvalue weighted by Gasteiger charge is 2.18. The second-order valence-corrected chi connectivity index (χ2v) is 3.76. The number of carboxylic acid groups (broad SMARTS) is 1. The van der Waals surface area contributed by atoms with Crippen molar-refractivity contribution >= 4 is 17.6 Å². The van der Waals surface area contributed by atoms with Crippen LogP contribution in [0, 0.1) is 0 Å². The Balaban J connectivity index is 2.81. The molecule has 0 aliphatic rings. The van der Waals surface area contributed by atoms with E-state index in [0.29, 0.717) is 17.2 Å². The molecule has 0 spiro atoms. The minimum Gasteiger partial charge on any atom is -0.497 e. The van der Waals surface area contributed by atoms with Crippen LogP contribution in [0.25, 0.3) is 0 Å². The van der Waals surface area contributed by atoms with E-state index in [1.165, 1.54) is 14.2 Å². The van der Waals surface area contributed by atoms with Crippen LogP contribution in [0.4, 0.5) is 5.69 Å². The van der Waals surface area contributed by atoms with Crippen LogP contribution >= 0.6 is 0 Å². The van der Waals surface area contributed by atoms with E-state index in [-0.39, 0.29) is 0 Å². The van der Waals surface area contributed by atoms with E-state index in [2.05, 4.69) is 5.32 Å². The third kappa shape index (κ3) is 4.14. The number of anilines is 1. The molecular formula is C12H16N2O5. The largest absolute Gasteiger partial charge is 0.497 e. The van der Waals surface area contributed by atoms with Crippen molar-refractivity contribution in [3.8, 4) is 11.5 Å². The summed E-state index contributed by atoms with van der Waals surface area (Å²) in [6, 6.07) is 3.70. The molecule has 1 aromatic carbocycles. The summed E-state index contributed by atoms with van der Waals surface area (Å²) >= 11 is 0. The van der Waals surface area contributed by atoms with E-state index in [9.17, 15) is 9.59 Å². The second-order valence-electron chi connectivity index (χ2n) is 3.76. The van der Waals surface area contributed by atoms with Crippen molar-refractivity contribution in [2.45, 2.75) is 12.5 Å². The molecule has 7 heteroatoms. The Morgan fingerprint density at radius 2 is 2.05 bits per heavy atom. The molecule has 0 heterocycles. The van der Waals surface area contributed by atoms with Gasteiger partial charge < -0.3 is 25.6 Å². The third-order valence-electron chi connectivity index (χ3n) is 2.40. The summed E-state index contributed by atoms with van der Waals surface area (Å²) in [6.45, 7) is 0. The van der Waals surface area contributed by atoms with Crippen molar-refractivity contribution in [3.05, 3.63) is 18.2 Å². The van der Waals surface area contributed by atoms with E-state index in [1.807, 2.05) is 0 Å². The maximum atomic E-state index is 11.7. The van der Waals surface area contributed by atoms with E-state index in [1.54, 1.807) is 18.2 Å². The molecule has 0 bridgehead atoms. The molecule has 1 unspecified atom stereocenters. The van der Waals surface area contributed by atoms with Gasteiger partial charge in [-0.15, -0.1) is 0 Å². The number of methoxy groups -OCH3 is 2. The van der Waals surface area contributed by atoms with Gasteiger partial charge in [-0.3, -0.25) is 9.59 Å². The predicted octanol–water partition coefficient (Wildman–Crippen LogP) is 0.444. The van der Waals surface area contributed by atoms with Gasteiger partial charge in [0.15, 0.2) is 0 Å². The Bertz CT molecular complexity index is 475. The summed E-state index contributed by atoms with van der Waals surface area (Å²) in [5, 5.41) is 11.1. The zero-order valence-electron chi connectivity index (χ0n) is 10.7. The van der Waals surface area contributed by atoms with Crippen LogP contribution in [0.2, 0.25) is 0 Å². The lowest BCUT2D eigenvalue weighted by molar-refractivity contribution is -0.138. The SMILES string of the molecule is COc1ccc(NC(=O)C(N)CC(=O)O)c(OC)c1. The number of benzene rings is 1. The highest BCUT2D eigenvalue weighted by Crippen LogP contribution is 2.29. The Labute approximate surface area is 110 Å². The van der Waals surface area contributed by atoms with Crippen LogP contribution in [0.1, 0.15) is 6.42 Å². The summed E-state index contributed by atoms with van der Waals surface area (Å²) in [5.74, 6) is -0.755. The number of hydrogen-bond acceptors (Lipinski definition) is 5. The van der Waals surface area contributed by atoms with Crippen LogP contribution in [-0.4, -0.2) is 37.2 Å². The van der Waals surface area contributed by atoms with Gasteiger partial charge in [0.25, 0.3) is 0 Å². The number of aliphatic carboxylic acids is 1. The minimum absolute atomic E-state index is 0.397. The molecule has 1 aromatic rings. The molecule has 19 heavy (non-hydrogen) atoms. The van der Waals surface area contributed by atoms with Gasteiger partial charge in [0.05, 0.1) is 32.4 Å². The molecule has 0 radical (unpaired) electrons. The second kappa shape index (κ2) is 6.60. The monoisotopic (exact) mass is 268 g/mol. The first-order chi connectivity index (χ1) is 8.97. The molecule has 0 saturated heterocycles. The summed E-state index contributed by atoms with van der Waals surface area (Å²) in [4.78, 5) is 22.2. The van der Waals surface area contributed by atoms with Crippen molar-refractivity contribution in [3.63, 3.8) is 0 Å². The normalized spacial score (nSPS) is 11.5. The van der Waals surface area contributed by atoms with Crippen molar-refractivity contribution in [2.75, 3.05) is 19.5 Å². The average Bonchev–Trinajstić information content (AvgIpc) is 2.38. The Morgan fingerprint density at radius 3 is 2.58 bits per heavy atom. The summed E-state index contributed by atoms with van der Waals surface area (Å²) in [5.41, 5.74) is 5.85. The third-order valence-corrected chi connectivity index (χ3v) is 2.40. The first-order valence-corrected chi connectivity index (χ1v) is 5.48. The predicted molar refractivity (Wildman–Crippen MR) is 68.4 cm³/mol. The summed E-state index contributed by atoms with van der Waals surface area (Å²) < 4.78 is 10.1. The van der Waals surface area contributed by atoms with Crippen LogP contribution in [0.15, 0.2) is 18.2 Å². The molecule has 1 rings (SSSR count). The van der Waals surface area contributed by atoms with Crippen LogP contribution < -0.4 is 20.5 Å². The Morgan fingerprint density at radius 1 is 1.37 bits per heavy atom. The molecule has 0 saturated carbocycles. The number of ether oxygens (including phenoxy) is 2. The number of rotatable bonds is 6. The van der Waals surface area contributed by atoms with Gasteiger partial charge in [-0.05, 0) is 12.1 Å². The molecule has 104 valence electrons. The molecule has 0 aromatic heterocycles. The number of amides is 1. The number of carbonyl (C=O) groups is 2.